The van der Waals surface area contributed by atoms with Gasteiger partial charge in [0.2, 0.25) is 0 Å². The van der Waals surface area contributed by atoms with Gasteiger partial charge in [0.15, 0.2) is 0 Å². The third-order valence-corrected chi connectivity index (χ3v) is 19.6. The molecule has 0 saturated heterocycles. The summed E-state index contributed by atoms with van der Waals surface area (Å²) in [7, 11) is 0. The molecule has 0 saturated carbocycles. The zero-order valence-electron chi connectivity index (χ0n) is 55.6. The third-order valence-electron chi connectivity index (χ3n) is 19.6. The van der Waals surface area contributed by atoms with E-state index in [-0.39, 0.29) is 21.7 Å². The molecule has 0 bridgehead atoms. The Labute approximate surface area is 531 Å². The molecule has 0 aromatic heterocycles. The summed E-state index contributed by atoms with van der Waals surface area (Å²) in [6.45, 7) is 28.7. The third kappa shape index (κ3) is 13.9. The number of hydrogen-bond donors (Lipinski definition) is 0. The van der Waals surface area contributed by atoms with Gasteiger partial charge in [0, 0.05) is 34.1 Å². The van der Waals surface area contributed by atoms with Crippen LogP contribution in [-0.2, 0) is 34.5 Å². The van der Waals surface area contributed by atoms with E-state index in [0.29, 0.717) is 0 Å². The Morgan fingerprint density at radius 1 is 0.273 bits per heavy atom. The lowest BCUT2D eigenvalue weighted by atomic mass is 9.60. The SMILES string of the molecule is CCCCCCCCc1cc(C(C)(C)C)c2ccccc2c1-c1c(CCCCCCCC)cc(C(C)(C)C(C)(C)c2ccc(N(c3ccccc3)c3ccc(-c4ccc(N(c5ccccc5)c5ccc(C(C)(C)C)cc5)cc4)cc3)cc2)c2ccccc12. The summed E-state index contributed by atoms with van der Waals surface area (Å²) in [5.41, 5.74) is 20.3. The fraction of sp³-hybridized carbons (Fsp3) is 0.349. The van der Waals surface area contributed by atoms with E-state index in [1.165, 1.54) is 154 Å². The van der Waals surface area contributed by atoms with Gasteiger partial charge in [-0.1, -0.05) is 293 Å². The highest BCUT2D eigenvalue weighted by Crippen LogP contribution is 2.51. The highest BCUT2D eigenvalue weighted by atomic mass is 15.1. The van der Waals surface area contributed by atoms with Crippen LogP contribution >= 0.6 is 0 Å². The van der Waals surface area contributed by atoms with E-state index in [9.17, 15) is 0 Å². The summed E-state index contributed by atoms with van der Waals surface area (Å²) in [4.78, 5) is 4.75. The molecule has 0 amide bonds. The second kappa shape index (κ2) is 27.8. The number of fused-ring (bicyclic) bond motifs is 2. The van der Waals surface area contributed by atoms with Crippen molar-refractivity contribution in [1.82, 2.24) is 0 Å². The lowest BCUT2D eigenvalue weighted by Crippen LogP contribution is -2.40. The van der Waals surface area contributed by atoms with Crippen molar-refractivity contribution in [2.45, 2.75) is 195 Å². The first-order valence-electron chi connectivity index (χ1n) is 33.6. The van der Waals surface area contributed by atoms with E-state index in [1.54, 1.807) is 0 Å². The average molecular weight is 1160 g/mol. The fourth-order valence-corrected chi connectivity index (χ4v) is 13.7. The molecule has 0 aliphatic carbocycles. The van der Waals surface area contributed by atoms with Gasteiger partial charge in [0.1, 0.15) is 0 Å². The van der Waals surface area contributed by atoms with Crippen LogP contribution in [0.2, 0.25) is 0 Å². The summed E-state index contributed by atoms with van der Waals surface area (Å²) in [5.74, 6) is 0. The van der Waals surface area contributed by atoms with Gasteiger partial charge in [-0.05, 0) is 197 Å². The minimum atomic E-state index is -0.257. The van der Waals surface area contributed by atoms with E-state index in [0.717, 1.165) is 47.0 Å². The van der Waals surface area contributed by atoms with E-state index in [2.05, 4.69) is 311 Å². The maximum atomic E-state index is 2.70. The molecule has 2 nitrogen and oxygen atoms in total. The lowest BCUT2D eigenvalue weighted by molar-refractivity contribution is 0.305. The minimum absolute atomic E-state index is 0.0173. The van der Waals surface area contributed by atoms with Crippen molar-refractivity contribution in [2.75, 3.05) is 9.80 Å². The van der Waals surface area contributed by atoms with Crippen LogP contribution in [0.5, 0.6) is 0 Å². The van der Waals surface area contributed by atoms with Crippen molar-refractivity contribution in [3.8, 4) is 22.3 Å². The van der Waals surface area contributed by atoms with Gasteiger partial charge in [-0.2, -0.15) is 0 Å². The van der Waals surface area contributed by atoms with Gasteiger partial charge < -0.3 is 9.80 Å². The number of benzene rings is 10. The molecule has 0 heterocycles. The largest absolute Gasteiger partial charge is 0.311 e. The molecule has 2 heteroatoms. The summed E-state index contributed by atoms with van der Waals surface area (Å²) < 4.78 is 0. The van der Waals surface area contributed by atoms with Gasteiger partial charge in [-0.3, -0.25) is 0 Å². The van der Waals surface area contributed by atoms with Gasteiger partial charge in [-0.15, -0.1) is 0 Å². The molecule has 10 aromatic carbocycles. The minimum Gasteiger partial charge on any atom is -0.311 e. The second-order valence-electron chi connectivity index (χ2n) is 28.3. The first-order chi connectivity index (χ1) is 42.4. The molecule has 10 aromatic rings. The van der Waals surface area contributed by atoms with Crippen LogP contribution in [0, 0.1) is 0 Å². The Hall–Kier alpha value is -7.68. The molecular weight excluding hydrogens is 1060 g/mol. The Bertz CT molecular complexity index is 3850. The molecule has 0 aliphatic heterocycles. The number of unbranched alkanes of at least 4 members (excludes halogenated alkanes) is 10. The smallest absolute Gasteiger partial charge is 0.0462 e. The van der Waals surface area contributed by atoms with E-state index in [4.69, 9.17) is 0 Å². The van der Waals surface area contributed by atoms with Crippen LogP contribution in [0.4, 0.5) is 34.1 Å². The maximum absolute atomic E-state index is 2.70. The van der Waals surface area contributed by atoms with Crippen LogP contribution in [0.1, 0.15) is 194 Å². The summed E-state index contributed by atoms with van der Waals surface area (Å²) in [6.07, 6.45) is 17.6. The number of rotatable bonds is 25. The van der Waals surface area contributed by atoms with Crippen molar-refractivity contribution in [3.63, 3.8) is 0 Å². The normalized spacial score (nSPS) is 12.3. The zero-order chi connectivity index (χ0) is 62.1. The molecule has 0 atom stereocenters. The highest BCUT2D eigenvalue weighted by Gasteiger charge is 2.41. The standard InChI is InChI=1S/C86H100N2/c1-13-15-17-19-21-25-35-65-61-79(84(6,7)8)75-41-31-33-43-77(75)81(65)82-66(36-26-22-20-18-16-14-2)62-80(76-42-32-34-44-78(76)82)86(11,12)85(9,10)68-51-59-74(60-52-68)88(70-39-29-24-30-40-70)72-55-47-64(48-56-72)63-45-53-71(54-46-63)87(69-37-27-23-28-38-69)73-57-49-67(50-58-73)83(3,4)5/h23-24,27-34,37-62H,13-22,25-26,35-36H2,1-12H3. The van der Waals surface area contributed by atoms with Crippen LogP contribution < -0.4 is 9.80 Å². The monoisotopic (exact) mass is 1160 g/mol. The predicted octanol–water partition coefficient (Wildman–Crippen LogP) is 25.9. The quantitative estimate of drug-likeness (QED) is 0.0526. The van der Waals surface area contributed by atoms with Gasteiger partial charge in [-0.25, -0.2) is 0 Å². The Morgan fingerprint density at radius 2 is 0.591 bits per heavy atom. The molecule has 0 N–H and O–H groups in total. The molecule has 0 fully saturated rings. The van der Waals surface area contributed by atoms with Gasteiger partial charge >= 0.3 is 0 Å². The maximum Gasteiger partial charge on any atom is 0.0462 e. The van der Waals surface area contributed by atoms with Crippen LogP contribution in [0.15, 0.2) is 218 Å². The van der Waals surface area contributed by atoms with E-state index in [1.807, 2.05) is 0 Å². The van der Waals surface area contributed by atoms with Crippen molar-refractivity contribution in [2.24, 2.45) is 0 Å². The molecule has 0 aliphatic rings. The lowest BCUT2D eigenvalue weighted by Gasteiger charge is -2.44. The topological polar surface area (TPSA) is 6.48 Å². The molecule has 0 radical (unpaired) electrons. The summed E-state index contributed by atoms with van der Waals surface area (Å²) in [6, 6.07) is 82.4. The fourth-order valence-electron chi connectivity index (χ4n) is 13.7. The Kier molecular flexibility index (Phi) is 20.0. The highest BCUT2D eigenvalue weighted by molar-refractivity contribution is 6.10. The van der Waals surface area contributed by atoms with Crippen molar-refractivity contribution in [3.05, 3.63) is 252 Å². The Balaban J connectivity index is 0.992. The van der Waals surface area contributed by atoms with Crippen LogP contribution in [0.3, 0.4) is 0 Å². The Morgan fingerprint density at radius 3 is 0.977 bits per heavy atom. The summed E-state index contributed by atoms with van der Waals surface area (Å²) in [5, 5.41) is 5.58. The molecule has 10 rings (SSSR count). The van der Waals surface area contributed by atoms with Gasteiger partial charge in [0.25, 0.3) is 0 Å². The predicted molar refractivity (Wildman–Crippen MR) is 386 cm³/mol. The number of nitrogens with zero attached hydrogens (tertiary/aromatic N) is 2. The van der Waals surface area contributed by atoms with Gasteiger partial charge in [0.05, 0.1) is 0 Å². The first-order valence-corrected chi connectivity index (χ1v) is 33.6. The zero-order valence-corrected chi connectivity index (χ0v) is 55.6. The van der Waals surface area contributed by atoms with Crippen LogP contribution in [-0.4, -0.2) is 0 Å². The van der Waals surface area contributed by atoms with Crippen molar-refractivity contribution >= 4 is 55.7 Å². The molecular formula is C86H100N2. The molecule has 88 heavy (non-hydrogen) atoms. The number of para-hydroxylation sites is 2. The molecule has 0 unspecified atom stereocenters. The molecule has 454 valence electrons. The van der Waals surface area contributed by atoms with E-state index < -0.39 is 0 Å². The second-order valence-corrected chi connectivity index (χ2v) is 28.3. The number of anilines is 6. The first kappa shape index (κ1) is 63.3. The van der Waals surface area contributed by atoms with Crippen molar-refractivity contribution < 1.29 is 0 Å². The molecule has 0 spiro atoms. The van der Waals surface area contributed by atoms with E-state index >= 15 is 0 Å². The number of hydrogen-bond acceptors (Lipinski definition) is 2. The number of aryl methyl sites for hydroxylation is 2. The van der Waals surface area contributed by atoms with Crippen LogP contribution in [0.25, 0.3) is 43.8 Å². The average Bonchev–Trinajstić information content (AvgIpc) is 0.830. The van der Waals surface area contributed by atoms with Crippen molar-refractivity contribution in [1.29, 1.82) is 0 Å². The summed E-state index contributed by atoms with van der Waals surface area (Å²) >= 11 is 0.